The molecule has 0 saturated heterocycles. The molecule has 0 atom stereocenters. The molecular formula is C12H11NO4. The summed E-state index contributed by atoms with van der Waals surface area (Å²) in [6.07, 6.45) is 3.04. The van der Waals surface area contributed by atoms with E-state index in [1.807, 2.05) is 0 Å². The number of hydrogen-bond acceptors (Lipinski definition) is 5. The van der Waals surface area contributed by atoms with Gasteiger partial charge in [0.05, 0.1) is 6.61 Å². The molecule has 5 heteroatoms. The smallest absolute Gasteiger partial charge is 0.345 e. The molecule has 0 spiro atoms. The van der Waals surface area contributed by atoms with Crippen LogP contribution in [0, 0.1) is 0 Å². The Morgan fingerprint density at radius 1 is 1.59 bits per heavy atom. The van der Waals surface area contributed by atoms with Crippen LogP contribution in [0.4, 0.5) is 0 Å². The van der Waals surface area contributed by atoms with Gasteiger partial charge in [-0.25, -0.2) is 4.79 Å². The third-order valence-electron chi connectivity index (χ3n) is 2.51. The maximum Gasteiger partial charge on any atom is 0.345 e. The monoisotopic (exact) mass is 233 g/mol. The topological polar surface area (TPSA) is 76.5 Å². The third-order valence-corrected chi connectivity index (χ3v) is 2.51. The van der Waals surface area contributed by atoms with Crippen molar-refractivity contribution in [1.82, 2.24) is 4.98 Å². The first-order valence-corrected chi connectivity index (χ1v) is 5.22. The number of carbonyl (C=O) groups excluding carboxylic acids is 2. The summed E-state index contributed by atoms with van der Waals surface area (Å²) in [5.41, 5.74) is 0.790. The number of hydrogen-bond donors (Lipinski definition) is 1. The van der Waals surface area contributed by atoms with Gasteiger partial charge in [-0.15, -0.1) is 0 Å². The minimum Gasteiger partial charge on any atom is -0.506 e. The number of rotatable bonds is 2. The first kappa shape index (κ1) is 11.3. The van der Waals surface area contributed by atoms with E-state index >= 15 is 0 Å². The van der Waals surface area contributed by atoms with E-state index in [-0.39, 0.29) is 24.4 Å². The highest BCUT2D eigenvalue weighted by Gasteiger charge is 2.31. The standard InChI is InChI=1S/C12H11NO4/c1-2-17-12(16)10-9(14)5-7-3-4-13-6-8(7)11(10)15/h3-4,6,15H,2,5H2,1H3. The highest BCUT2D eigenvalue weighted by Crippen LogP contribution is 2.27. The average molecular weight is 233 g/mol. The van der Waals surface area contributed by atoms with Crippen molar-refractivity contribution in [2.24, 2.45) is 0 Å². The summed E-state index contributed by atoms with van der Waals surface area (Å²) in [6.45, 7) is 1.79. The maximum absolute atomic E-state index is 11.7. The lowest BCUT2D eigenvalue weighted by atomic mass is 9.91. The van der Waals surface area contributed by atoms with Gasteiger partial charge in [-0.1, -0.05) is 0 Å². The van der Waals surface area contributed by atoms with E-state index in [1.165, 1.54) is 12.4 Å². The van der Waals surface area contributed by atoms with Crippen molar-refractivity contribution >= 4 is 17.5 Å². The predicted molar refractivity (Wildman–Crippen MR) is 59.1 cm³/mol. The summed E-state index contributed by atoms with van der Waals surface area (Å²) in [7, 11) is 0. The minimum absolute atomic E-state index is 0.0794. The molecule has 0 saturated carbocycles. The lowest BCUT2D eigenvalue weighted by Gasteiger charge is -2.16. The number of nitrogens with zero attached hydrogens (tertiary/aromatic N) is 1. The van der Waals surface area contributed by atoms with Gasteiger partial charge >= 0.3 is 5.97 Å². The van der Waals surface area contributed by atoms with Crippen molar-refractivity contribution in [3.05, 3.63) is 35.2 Å². The van der Waals surface area contributed by atoms with Crippen LogP contribution >= 0.6 is 0 Å². The lowest BCUT2D eigenvalue weighted by molar-refractivity contribution is -0.140. The molecule has 1 heterocycles. The summed E-state index contributed by atoms with van der Waals surface area (Å²) in [5.74, 6) is -1.56. The quantitative estimate of drug-likeness (QED) is 0.610. The molecule has 1 aliphatic carbocycles. The Morgan fingerprint density at radius 3 is 3.06 bits per heavy atom. The first-order chi connectivity index (χ1) is 8.15. The second-order valence-corrected chi connectivity index (χ2v) is 3.58. The van der Waals surface area contributed by atoms with E-state index in [1.54, 1.807) is 13.0 Å². The van der Waals surface area contributed by atoms with E-state index in [0.29, 0.717) is 11.1 Å². The Kier molecular flexibility index (Phi) is 2.91. The molecule has 0 aliphatic heterocycles. The molecule has 17 heavy (non-hydrogen) atoms. The highest BCUT2D eigenvalue weighted by molar-refractivity contribution is 6.23. The number of ketones is 1. The highest BCUT2D eigenvalue weighted by atomic mass is 16.5. The fourth-order valence-electron chi connectivity index (χ4n) is 1.73. The van der Waals surface area contributed by atoms with E-state index in [2.05, 4.69) is 4.98 Å². The zero-order chi connectivity index (χ0) is 12.4. The molecule has 5 nitrogen and oxygen atoms in total. The van der Waals surface area contributed by atoms with Crippen molar-refractivity contribution in [1.29, 1.82) is 0 Å². The molecule has 0 aromatic carbocycles. The van der Waals surface area contributed by atoms with Gasteiger partial charge in [-0.3, -0.25) is 9.78 Å². The SMILES string of the molecule is CCOC(=O)C1=C(O)c2cnccc2CC1=O. The van der Waals surface area contributed by atoms with Gasteiger partial charge in [-0.05, 0) is 18.6 Å². The van der Waals surface area contributed by atoms with Crippen LogP contribution in [0.5, 0.6) is 0 Å². The van der Waals surface area contributed by atoms with Crippen LogP contribution in [-0.4, -0.2) is 28.4 Å². The number of ether oxygens (including phenoxy) is 1. The summed E-state index contributed by atoms with van der Waals surface area (Å²) in [4.78, 5) is 27.1. The number of Topliss-reactive ketones (excluding diaryl/α,β-unsaturated/α-hetero) is 1. The zero-order valence-corrected chi connectivity index (χ0v) is 9.27. The Morgan fingerprint density at radius 2 is 2.35 bits per heavy atom. The van der Waals surface area contributed by atoms with Crippen molar-refractivity contribution in [3.8, 4) is 0 Å². The van der Waals surface area contributed by atoms with Crippen LogP contribution in [0.25, 0.3) is 5.76 Å². The molecule has 1 N–H and O–H groups in total. The Balaban J connectivity index is 2.51. The fraction of sp³-hybridized carbons (Fsp3) is 0.250. The summed E-state index contributed by atoms with van der Waals surface area (Å²) in [5, 5.41) is 9.91. The predicted octanol–water partition coefficient (Wildman–Crippen LogP) is 1.04. The number of esters is 1. The molecule has 88 valence electrons. The van der Waals surface area contributed by atoms with Gasteiger partial charge in [0.15, 0.2) is 5.78 Å². The molecule has 0 radical (unpaired) electrons. The van der Waals surface area contributed by atoms with Gasteiger partial charge in [-0.2, -0.15) is 0 Å². The molecular weight excluding hydrogens is 222 g/mol. The molecule has 1 aliphatic rings. The number of aliphatic hydroxyl groups is 1. The van der Waals surface area contributed by atoms with Gasteiger partial charge in [0, 0.05) is 24.4 Å². The van der Waals surface area contributed by atoms with Crippen LogP contribution in [0.2, 0.25) is 0 Å². The van der Waals surface area contributed by atoms with E-state index in [4.69, 9.17) is 4.74 Å². The van der Waals surface area contributed by atoms with Crippen LogP contribution in [0.15, 0.2) is 24.0 Å². The molecule has 0 unspecified atom stereocenters. The second kappa shape index (κ2) is 4.37. The normalized spacial score (nSPS) is 14.5. The lowest BCUT2D eigenvalue weighted by Crippen LogP contribution is -2.23. The molecule has 2 rings (SSSR count). The van der Waals surface area contributed by atoms with Crippen LogP contribution in [-0.2, 0) is 20.7 Å². The number of aromatic nitrogens is 1. The summed E-state index contributed by atoms with van der Waals surface area (Å²) >= 11 is 0. The van der Waals surface area contributed by atoms with E-state index in [0.717, 1.165) is 0 Å². The Labute approximate surface area is 97.7 Å². The third kappa shape index (κ3) is 1.91. The molecule has 0 bridgehead atoms. The number of fused-ring (bicyclic) bond motifs is 1. The fourth-order valence-corrected chi connectivity index (χ4v) is 1.73. The van der Waals surface area contributed by atoms with Crippen molar-refractivity contribution in [2.45, 2.75) is 13.3 Å². The second-order valence-electron chi connectivity index (χ2n) is 3.58. The minimum atomic E-state index is -0.787. The zero-order valence-electron chi connectivity index (χ0n) is 9.27. The Hall–Kier alpha value is -2.17. The molecule has 0 fully saturated rings. The van der Waals surface area contributed by atoms with Crippen molar-refractivity contribution in [3.63, 3.8) is 0 Å². The Bertz CT molecular complexity index is 519. The largest absolute Gasteiger partial charge is 0.506 e. The van der Waals surface area contributed by atoms with Gasteiger partial charge in [0.1, 0.15) is 11.3 Å². The van der Waals surface area contributed by atoms with E-state index in [9.17, 15) is 14.7 Å². The van der Waals surface area contributed by atoms with Gasteiger partial charge in [0.25, 0.3) is 0 Å². The number of aliphatic hydroxyl groups excluding tert-OH is 1. The maximum atomic E-state index is 11.7. The summed E-state index contributed by atoms with van der Waals surface area (Å²) in [6, 6.07) is 1.64. The molecule has 1 aromatic heterocycles. The van der Waals surface area contributed by atoms with Crippen LogP contribution in [0.3, 0.4) is 0 Å². The average Bonchev–Trinajstić information content (AvgIpc) is 2.29. The molecule has 1 aromatic rings. The van der Waals surface area contributed by atoms with Gasteiger partial charge in [0.2, 0.25) is 0 Å². The number of pyridine rings is 1. The number of carbonyl (C=O) groups is 2. The molecule has 0 amide bonds. The first-order valence-electron chi connectivity index (χ1n) is 5.22. The van der Waals surface area contributed by atoms with Crippen LogP contribution < -0.4 is 0 Å². The van der Waals surface area contributed by atoms with Crippen molar-refractivity contribution < 1.29 is 19.4 Å². The van der Waals surface area contributed by atoms with E-state index < -0.39 is 11.8 Å². The van der Waals surface area contributed by atoms with Crippen LogP contribution in [0.1, 0.15) is 18.1 Å². The van der Waals surface area contributed by atoms with Crippen molar-refractivity contribution in [2.75, 3.05) is 6.61 Å². The summed E-state index contributed by atoms with van der Waals surface area (Å²) < 4.78 is 4.74. The van der Waals surface area contributed by atoms with Gasteiger partial charge < -0.3 is 9.84 Å².